The predicted octanol–water partition coefficient (Wildman–Crippen LogP) is 3.69. The Morgan fingerprint density at radius 3 is 2.36 bits per heavy atom. The summed E-state index contributed by atoms with van der Waals surface area (Å²) in [5.74, 6) is 0.682. The third-order valence-electron chi connectivity index (χ3n) is 3.85. The molecule has 1 atom stereocenters. The number of urea groups is 1. The van der Waals surface area contributed by atoms with E-state index in [0.717, 1.165) is 6.42 Å². The van der Waals surface area contributed by atoms with E-state index in [-0.39, 0.29) is 12.2 Å². The number of benzene rings is 2. The summed E-state index contributed by atoms with van der Waals surface area (Å²) in [5.41, 5.74) is 1.44. The Morgan fingerprint density at radius 2 is 1.76 bits per heavy atom. The molecule has 0 fully saturated rings. The topological polar surface area (TPSA) is 65.5 Å². The number of rotatable bonds is 4. The Kier molecular flexibility index (Phi) is 9.25. The summed E-state index contributed by atoms with van der Waals surface area (Å²) >= 11 is 0. The molecule has 2 amide bonds. The van der Waals surface area contributed by atoms with E-state index in [2.05, 4.69) is 70.3 Å². The van der Waals surface area contributed by atoms with Gasteiger partial charge < -0.3 is 5.32 Å². The monoisotopic (exact) mass is 342 g/mol. The number of carbonyl (C=O) groups excluding carboxylic acids is 1. The third kappa shape index (κ3) is 6.93. The first-order valence-electron chi connectivity index (χ1n) is 8.74. The van der Waals surface area contributed by atoms with E-state index in [1.807, 2.05) is 20.9 Å². The summed E-state index contributed by atoms with van der Waals surface area (Å²) in [7, 11) is 3.39. The summed E-state index contributed by atoms with van der Waals surface area (Å²) in [6.45, 7) is 6.06. The number of aryl methyl sites for hydroxylation is 1. The molecule has 2 rings (SSSR count). The lowest BCUT2D eigenvalue weighted by Gasteiger charge is -2.09. The Hall–Kier alpha value is -2.40. The smallest absolute Gasteiger partial charge is 0.319 e. The molecule has 1 unspecified atom stereocenters. The zero-order valence-corrected chi connectivity index (χ0v) is 15.9. The van der Waals surface area contributed by atoms with Gasteiger partial charge in [-0.3, -0.25) is 15.6 Å². The van der Waals surface area contributed by atoms with Crippen LogP contribution in [0.2, 0.25) is 0 Å². The summed E-state index contributed by atoms with van der Waals surface area (Å²) in [4.78, 5) is 15.2. The maximum Gasteiger partial charge on any atom is 0.319 e. The summed E-state index contributed by atoms with van der Waals surface area (Å²) in [6, 6.07) is 14.8. The minimum Gasteiger partial charge on any atom is -0.341 e. The van der Waals surface area contributed by atoms with Crippen LogP contribution in [-0.2, 0) is 6.42 Å². The molecule has 0 heterocycles. The molecule has 0 saturated carbocycles. The number of hydrogen-bond donors (Lipinski definition) is 3. The molecule has 0 saturated heterocycles. The van der Waals surface area contributed by atoms with E-state index in [9.17, 15) is 4.79 Å². The van der Waals surface area contributed by atoms with Crippen LogP contribution in [0.25, 0.3) is 10.8 Å². The van der Waals surface area contributed by atoms with Crippen LogP contribution in [0, 0.1) is 0 Å². The van der Waals surface area contributed by atoms with Crippen LogP contribution < -0.4 is 16.0 Å². The van der Waals surface area contributed by atoms with Gasteiger partial charge in [0.25, 0.3) is 0 Å². The first-order chi connectivity index (χ1) is 12.0. The minimum atomic E-state index is -0.232. The molecule has 0 bridgehead atoms. The zero-order chi connectivity index (χ0) is 18.7. The van der Waals surface area contributed by atoms with Crippen molar-refractivity contribution in [2.24, 2.45) is 4.99 Å². The van der Waals surface area contributed by atoms with Crippen molar-refractivity contribution in [3.63, 3.8) is 0 Å². The Bertz CT molecular complexity index is 692. The lowest BCUT2D eigenvalue weighted by Crippen LogP contribution is -2.38. The number of hydrogen-bond acceptors (Lipinski definition) is 3. The number of carbonyl (C=O) groups is 1. The van der Waals surface area contributed by atoms with E-state index in [0.29, 0.717) is 12.3 Å². The maximum atomic E-state index is 10.9. The van der Waals surface area contributed by atoms with Gasteiger partial charge in [-0.05, 0) is 36.7 Å². The molecular formula is C20H30N4O. The van der Waals surface area contributed by atoms with Gasteiger partial charge in [0.05, 0.1) is 6.17 Å². The molecule has 0 spiro atoms. The number of fused-ring (bicyclic) bond motifs is 1. The van der Waals surface area contributed by atoms with Gasteiger partial charge in [-0.2, -0.15) is 0 Å². The highest BCUT2D eigenvalue weighted by Crippen LogP contribution is 2.18. The molecule has 25 heavy (non-hydrogen) atoms. The maximum absolute atomic E-state index is 10.9. The van der Waals surface area contributed by atoms with Crippen LogP contribution in [0.5, 0.6) is 0 Å². The molecular weight excluding hydrogens is 312 g/mol. The second kappa shape index (κ2) is 11.2. The molecule has 2 aromatic rings. The van der Waals surface area contributed by atoms with E-state index in [1.165, 1.54) is 16.3 Å². The standard InChI is InChI=1S/C12H12.C8H18N4O/c1-2-10-7-5-8-11-6-3-4-9-12(10)11;1-5-7(11-6(2)9-3)12-8(13)10-4/h3-9H,2H2,1H3;6,9H,5H2,1-4H3,(H2,10,11,12,13). The second-order valence-electron chi connectivity index (χ2n) is 5.59. The molecule has 0 aliphatic heterocycles. The van der Waals surface area contributed by atoms with Gasteiger partial charge in [-0.25, -0.2) is 4.79 Å². The van der Waals surface area contributed by atoms with Crippen molar-refractivity contribution in [1.29, 1.82) is 0 Å². The SMILES string of the molecule is CC/C(=N/C(C)NC)NC(=O)NC.CCc1cccc2ccccc12. The van der Waals surface area contributed by atoms with Crippen LogP contribution in [0.15, 0.2) is 47.5 Å². The van der Waals surface area contributed by atoms with Crippen molar-refractivity contribution in [1.82, 2.24) is 16.0 Å². The van der Waals surface area contributed by atoms with Gasteiger partial charge >= 0.3 is 6.03 Å². The van der Waals surface area contributed by atoms with Gasteiger partial charge in [0.15, 0.2) is 0 Å². The van der Waals surface area contributed by atoms with E-state index in [4.69, 9.17) is 0 Å². The number of amidine groups is 1. The highest BCUT2D eigenvalue weighted by molar-refractivity contribution is 5.97. The molecule has 0 aliphatic rings. The van der Waals surface area contributed by atoms with Crippen molar-refractivity contribution in [3.05, 3.63) is 48.0 Å². The molecule has 0 radical (unpaired) electrons. The first-order valence-corrected chi connectivity index (χ1v) is 8.74. The van der Waals surface area contributed by atoms with Crippen molar-refractivity contribution < 1.29 is 4.79 Å². The average molecular weight is 342 g/mol. The number of nitrogens with one attached hydrogen (secondary N) is 3. The van der Waals surface area contributed by atoms with Gasteiger partial charge in [-0.15, -0.1) is 0 Å². The van der Waals surface area contributed by atoms with Crippen LogP contribution in [0.4, 0.5) is 4.79 Å². The lowest BCUT2D eigenvalue weighted by molar-refractivity contribution is 0.247. The quantitative estimate of drug-likeness (QED) is 0.586. The average Bonchev–Trinajstić information content (AvgIpc) is 2.67. The molecule has 3 N–H and O–H groups in total. The number of nitrogens with zero attached hydrogens (tertiary/aromatic N) is 1. The molecule has 2 aromatic carbocycles. The molecule has 5 nitrogen and oxygen atoms in total. The third-order valence-corrected chi connectivity index (χ3v) is 3.85. The minimum absolute atomic E-state index is 0.0205. The first kappa shape index (κ1) is 20.6. The van der Waals surface area contributed by atoms with E-state index < -0.39 is 0 Å². The van der Waals surface area contributed by atoms with Crippen LogP contribution in [0.3, 0.4) is 0 Å². The summed E-state index contributed by atoms with van der Waals surface area (Å²) in [5, 5.41) is 10.8. The Morgan fingerprint density at radius 1 is 1.08 bits per heavy atom. The van der Waals surface area contributed by atoms with Crippen molar-refractivity contribution in [2.75, 3.05) is 14.1 Å². The lowest BCUT2D eigenvalue weighted by atomic mass is 10.0. The Balaban J connectivity index is 0.000000250. The number of amides is 2. The van der Waals surface area contributed by atoms with Crippen LogP contribution in [-0.4, -0.2) is 32.1 Å². The largest absolute Gasteiger partial charge is 0.341 e. The fourth-order valence-corrected chi connectivity index (χ4v) is 2.30. The zero-order valence-electron chi connectivity index (χ0n) is 15.9. The van der Waals surface area contributed by atoms with E-state index >= 15 is 0 Å². The van der Waals surface area contributed by atoms with Crippen molar-refractivity contribution >= 4 is 22.6 Å². The fourth-order valence-electron chi connectivity index (χ4n) is 2.30. The summed E-state index contributed by atoms with van der Waals surface area (Å²) < 4.78 is 0. The van der Waals surface area contributed by atoms with E-state index in [1.54, 1.807) is 7.05 Å². The summed E-state index contributed by atoms with van der Waals surface area (Å²) in [6.07, 6.45) is 1.84. The molecule has 136 valence electrons. The highest BCUT2D eigenvalue weighted by atomic mass is 16.2. The van der Waals surface area contributed by atoms with Gasteiger partial charge in [0.1, 0.15) is 5.84 Å². The van der Waals surface area contributed by atoms with Gasteiger partial charge in [0.2, 0.25) is 0 Å². The Labute approximate surface area is 150 Å². The van der Waals surface area contributed by atoms with Crippen molar-refractivity contribution in [2.45, 2.75) is 39.8 Å². The highest BCUT2D eigenvalue weighted by Gasteiger charge is 2.02. The van der Waals surface area contributed by atoms with Gasteiger partial charge in [-0.1, -0.05) is 56.3 Å². The van der Waals surface area contributed by atoms with Gasteiger partial charge in [0, 0.05) is 13.5 Å². The molecule has 5 heteroatoms. The van der Waals surface area contributed by atoms with Crippen LogP contribution in [0.1, 0.15) is 32.8 Å². The number of aliphatic imine (C=N–C) groups is 1. The molecule has 0 aliphatic carbocycles. The van der Waals surface area contributed by atoms with Crippen molar-refractivity contribution in [3.8, 4) is 0 Å². The molecule has 0 aromatic heterocycles. The predicted molar refractivity (Wildman–Crippen MR) is 107 cm³/mol. The normalized spacial score (nSPS) is 12.1. The van der Waals surface area contributed by atoms with Crippen LogP contribution >= 0.6 is 0 Å². The second-order valence-corrected chi connectivity index (χ2v) is 5.59. The fraction of sp³-hybridized carbons (Fsp3) is 0.400.